The van der Waals surface area contributed by atoms with Gasteiger partial charge in [0.05, 0.1) is 21.9 Å². The van der Waals surface area contributed by atoms with Crippen molar-refractivity contribution >= 4 is 29.0 Å². The van der Waals surface area contributed by atoms with Gasteiger partial charge in [0.2, 0.25) is 0 Å². The van der Waals surface area contributed by atoms with Crippen LogP contribution in [0.15, 0.2) is 18.5 Å². The molecule has 0 amide bonds. The highest BCUT2D eigenvalue weighted by molar-refractivity contribution is 6.37. The van der Waals surface area contributed by atoms with E-state index in [-0.39, 0.29) is 0 Å². The van der Waals surface area contributed by atoms with Crippen LogP contribution in [0.25, 0.3) is 11.3 Å². The monoisotopic (exact) mass is 298 g/mol. The Hall–Kier alpha value is -1.26. The van der Waals surface area contributed by atoms with Gasteiger partial charge in [0.1, 0.15) is 5.82 Å². The Labute approximate surface area is 122 Å². The molecule has 0 spiro atoms. The van der Waals surface area contributed by atoms with Gasteiger partial charge in [0.15, 0.2) is 0 Å². The number of anilines is 1. The molecule has 0 aliphatic heterocycles. The lowest BCUT2D eigenvalue weighted by Crippen LogP contribution is -2.01. The Morgan fingerprint density at radius 1 is 1.26 bits per heavy atom. The van der Waals surface area contributed by atoms with Crippen molar-refractivity contribution in [1.82, 2.24) is 14.8 Å². The molecule has 1 N–H and O–H groups in total. The predicted molar refractivity (Wildman–Crippen MR) is 79.9 cm³/mol. The van der Waals surface area contributed by atoms with Crippen LogP contribution in [0.3, 0.4) is 0 Å². The highest BCUT2D eigenvalue weighted by Gasteiger charge is 2.12. The number of aromatic nitrogens is 3. The Kier molecular flexibility index (Phi) is 4.66. The largest absolute Gasteiger partial charge is 0.369 e. The molecular formula is C13H16Cl2N4. The first-order chi connectivity index (χ1) is 9.15. The lowest BCUT2D eigenvalue weighted by molar-refractivity contribution is 0.603. The number of hydrogen-bond donors (Lipinski definition) is 1. The number of nitrogens with zero attached hydrogens (tertiary/aromatic N) is 3. The first-order valence-corrected chi connectivity index (χ1v) is 7.04. The van der Waals surface area contributed by atoms with E-state index in [0.717, 1.165) is 25.1 Å². The van der Waals surface area contributed by atoms with Gasteiger partial charge in [0.25, 0.3) is 0 Å². The van der Waals surface area contributed by atoms with E-state index in [1.807, 2.05) is 17.8 Å². The van der Waals surface area contributed by atoms with Gasteiger partial charge in [-0.05, 0) is 19.4 Å². The van der Waals surface area contributed by atoms with E-state index in [2.05, 4.69) is 22.3 Å². The van der Waals surface area contributed by atoms with Crippen LogP contribution in [-0.2, 0) is 6.54 Å². The third kappa shape index (κ3) is 3.19. The molecule has 2 aromatic rings. The number of nitrogens with one attached hydrogen (secondary N) is 1. The van der Waals surface area contributed by atoms with Gasteiger partial charge < -0.3 is 5.32 Å². The number of aryl methyl sites for hydroxylation is 1. The molecule has 0 saturated heterocycles. The Morgan fingerprint density at radius 2 is 2.05 bits per heavy atom. The minimum absolute atomic E-state index is 0.525. The maximum Gasteiger partial charge on any atom is 0.145 e. The van der Waals surface area contributed by atoms with Crippen molar-refractivity contribution in [2.75, 3.05) is 11.9 Å². The zero-order chi connectivity index (χ0) is 13.8. The van der Waals surface area contributed by atoms with Crippen molar-refractivity contribution in [3.63, 3.8) is 0 Å². The van der Waals surface area contributed by atoms with Crippen LogP contribution in [0.5, 0.6) is 0 Å². The van der Waals surface area contributed by atoms with Crippen LogP contribution in [0.2, 0.25) is 10.0 Å². The Balaban J connectivity index is 2.39. The van der Waals surface area contributed by atoms with E-state index in [9.17, 15) is 0 Å². The third-order valence-corrected chi connectivity index (χ3v) is 3.21. The highest BCUT2D eigenvalue weighted by atomic mass is 35.5. The van der Waals surface area contributed by atoms with Gasteiger partial charge in [0, 0.05) is 24.8 Å². The van der Waals surface area contributed by atoms with Crippen molar-refractivity contribution in [3.05, 3.63) is 28.5 Å². The zero-order valence-electron chi connectivity index (χ0n) is 11.0. The molecule has 19 heavy (non-hydrogen) atoms. The highest BCUT2D eigenvalue weighted by Crippen LogP contribution is 2.32. The van der Waals surface area contributed by atoms with Crippen molar-refractivity contribution in [2.24, 2.45) is 0 Å². The SMILES string of the molecule is CCCn1cc(-c2nc(NCC)c(Cl)cc2Cl)cn1. The molecular weight excluding hydrogens is 283 g/mol. The number of pyridine rings is 1. The summed E-state index contributed by atoms with van der Waals surface area (Å²) in [6.45, 7) is 5.73. The van der Waals surface area contributed by atoms with Crippen LogP contribution < -0.4 is 5.32 Å². The van der Waals surface area contributed by atoms with Gasteiger partial charge >= 0.3 is 0 Å². The molecule has 4 nitrogen and oxygen atoms in total. The topological polar surface area (TPSA) is 42.7 Å². The summed E-state index contributed by atoms with van der Waals surface area (Å²) in [5.41, 5.74) is 1.60. The van der Waals surface area contributed by atoms with E-state index in [1.165, 1.54) is 0 Å². The average molecular weight is 299 g/mol. The quantitative estimate of drug-likeness (QED) is 0.904. The molecule has 0 unspecified atom stereocenters. The molecule has 2 aromatic heterocycles. The fraction of sp³-hybridized carbons (Fsp3) is 0.385. The van der Waals surface area contributed by atoms with Crippen LogP contribution in [0, 0.1) is 0 Å². The maximum atomic E-state index is 6.21. The second-order valence-electron chi connectivity index (χ2n) is 4.17. The molecule has 102 valence electrons. The summed E-state index contributed by atoms with van der Waals surface area (Å²) in [6, 6.07) is 1.71. The van der Waals surface area contributed by atoms with Crippen molar-refractivity contribution in [2.45, 2.75) is 26.8 Å². The molecule has 0 atom stereocenters. The predicted octanol–water partition coefficient (Wildman–Crippen LogP) is 4.09. The summed E-state index contributed by atoms with van der Waals surface area (Å²) in [7, 11) is 0. The van der Waals surface area contributed by atoms with Gasteiger partial charge in [-0.15, -0.1) is 0 Å². The smallest absolute Gasteiger partial charge is 0.145 e. The molecule has 0 radical (unpaired) electrons. The minimum atomic E-state index is 0.525. The summed E-state index contributed by atoms with van der Waals surface area (Å²) in [4.78, 5) is 4.48. The van der Waals surface area contributed by atoms with Crippen molar-refractivity contribution < 1.29 is 0 Å². The Bertz CT molecular complexity index is 566. The van der Waals surface area contributed by atoms with E-state index < -0.39 is 0 Å². The summed E-state index contributed by atoms with van der Waals surface area (Å²) < 4.78 is 1.88. The van der Waals surface area contributed by atoms with Crippen LogP contribution in [0.1, 0.15) is 20.3 Å². The fourth-order valence-electron chi connectivity index (χ4n) is 1.80. The second-order valence-corrected chi connectivity index (χ2v) is 4.99. The number of rotatable bonds is 5. The molecule has 0 bridgehead atoms. The van der Waals surface area contributed by atoms with Crippen LogP contribution in [0.4, 0.5) is 5.82 Å². The number of halogens is 2. The van der Waals surface area contributed by atoms with E-state index >= 15 is 0 Å². The molecule has 0 aliphatic carbocycles. The molecule has 0 aliphatic rings. The van der Waals surface area contributed by atoms with E-state index in [4.69, 9.17) is 23.2 Å². The molecule has 2 rings (SSSR count). The van der Waals surface area contributed by atoms with E-state index in [1.54, 1.807) is 12.3 Å². The third-order valence-electron chi connectivity index (χ3n) is 2.63. The molecule has 0 saturated carbocycles. The fourth-order valence-corrected chi connectivity index (χ4v) is 2.33. The van der Waals surface area contributed by atoms with Crippen molar-refractivity contribution in [3.8, 4) is 11.3 Å². The first-order valence-electron chi connectivity index (χ1n) is 6.28. The van der Waals surface area contributed by atoms with Crippen molar-refractivity contribution in [1.29, 1.82) is 0 Å². The summed E-state index contributed by atoms with van der Waals surface area (Å²) in [5.74, 6) is 0.645. The molecule has 6 heteroatoms. The zero-order valence-corrected chi connectivity index (χ0v) is 12.5. The molecule has 2 heterocycles. The standard InChI is InChI=1S/C13H16Cl2N4/c1-3-5-19-8-9(7-17-19)12-10(14)6-11(15)13(18-12)16-4-2/h6-8H,3-5H2,1-2H3,(H,16,18). The van der Waals surface area contributed by atoms with Crippen LogP contribution >= 0.6 is 23.2 Å². The van der Waals surface area contributed by atoms with Gasteiger partial charge in [-0.2, -0.15) is 5.10 Å². The summed E-state index contributed by atoms with van der Waals surface area (Å²) in [6.07, 6.45) is 4.75. The number of hydrogen-bond acceptors (Lipinski definition) is 3. The summed E-state index contributed by atoms with van der Waals surface area (Å²) in [5, 5.41) is 8.46. The lowest BCUT2D eigenvalue weighted by atomic mass is 10.2. The Morgan fingerprint density at radius 3 is 2.74 bits per heavy atom. The van der Waals surface area contributed by atoms with Gasteiger partial charge in [-0.3, -0.25) is 4.68 Å². The van der Waals surface area contributed by atoms with E-state index in [0.29, 0.717) is 21.6 Å². The van der Waals surface area contributed by atoms with Crippen LogP contribution in [-0.4, -0.2) is 21.3 Å². The second kappa shape index (κ2) is 6.26. The first kappa shape index (κ1) is 14.2. The minimum Gasteiger partial charge on any atom is -0.369 e. The maximum absolute atomic E-state index is 6.21. The van der Waals surface area contributed by atoms with Gasteiger partial charge in [-0.25, -0.2) is 4.98 Å². The normalized spacial score (nSPS) is 10.7. The average Bonchev–Trinajstić information content (AvgIpc) is 2.82. The van der Waals surface area contributed by atoms with Gasteiger partial charge in [-0.1, -0.05) is 30.1 Å². The lowest BCUT2D eigenvalue weighted by Gasteiger charge is -2.08. The molecule has 0 fully saturated rings. The summed E-state index contributed by atoms with van der Waals surface area (Å²) >= 11 is 12.3. The molecule has 0 aromatic carbocycles.